The Morgan fingerprint density at radius 3 is 2.31 bits per heavy atom. The van der Waals surface area contributed by atoms with Gasteiger partial charge in [-0.1, -0.05) is 30.3 Å². The van der Waals surface area contributed by atoms with E-state index < -0.39 is 16.0 Å². The van der Waals surface area contributed by atoms with Crippen LogP contribution in [0.25, 0.3) is 0 Å². The number of para-hydroxylation sites is 1. The first-order valence-corrected chi connectivity index (χ1v) is 11.4. The summed E-state index contributed by atoms with van der Waals surface area (Å²) in [7, 11) is -3.50. The quantitative estimate of drug-likeness (QED) is 0.630. The Hall–Kier alpha value is -2.42. The van der Waals surface area contributed by atoms with Crippen molar-refractivity contribution < 1.29 is 18.0 Å². The van der Waals surface area contributed by atoms with Crippen LogP contribution in [0.1, 0.15) is 35.2 Å². The first-order valence-electron chi connectivity index (χ1n) is 9.77. The second-order valence-corrected chi connectivity index (χ2v) is 9.18. The lowest BCUT2D eigenvalue weighted by molar-refractivity contribution is 0.0503. The molecule has 8 heteroatoms. The lowest BCUT2D eigenvalue weighted by atomic mass is 10.1. The Kier molecular flexibility index (Phi) is 7.24. The van der Waals surface area contributed by atoms with Crippen LogP contribution in [-0.4, -0.2) is 44.7 Å². The summed E-state index contributed by atoms with van der Waals surface area (Å²) < 4.78 is 27.7. The molecule has 29 heavy (non-hydrogen) atoms. The smallest absolute Gasteiger partial charge is 0.356 e. The van der Waals surface area contributed by atoms with Crippen molar-refractivity contribution >= 4 is 21.7 Å². The Bertz CT molecular complexity index is 895. The highest BCUT2D eigenvalue weighted by Gasteiger charge is 2.23. The van der Waals surface area contributed by atoms with E-state index in [1.807, 2.05) is 18.2 Å². The minimum Gasteiger partial charge on any atom is -0.370 e. The van der Waals surface area contributed by atoms with Gasteiger partial charge in [0.25, 0.3) is 0 Å². The molecule has 156 valence electrons. The van der Waals surface area contributed by atoms with Gasteiger partial charge in [-0.05, 0) is 68.7 Å². The summed E-state index contributed by atoms with van der Waals surface area (Å²) in [5.74, 6) is 4.37. The highest BCUT2D eigenvalue weighted by atomic mass is 32.2. The van der Waals surface area contributed by atoms with Gasteiger partial charge in [-0.2, -0.15) is 5.90 Å². The maximum atomic E-state index is 13.1. The molecule has 0 aromatic heterocycles. The monoisotopic (exact) mass is 417 g/mol. The molecule has 2 aromatic rings. The lowest BCUT2D eigenvalue weighted by Crippen LogP contribution is -2.34. The van der Waals surface area contributed by atoms with Gasteiger partial charge in [0.1, 0.15) is 0 Å². The van der Waals surface area contributed by atoms with Crippen LogP contribution in [0.4, 0.5) is 5.69 Å². The zero-order valence-corrected chi connectivity index (χ0v) is 17.2. The van der Waals surface area contributed by atoms with E-state index in [2.05, 4.69) is 9.74 Å². The summed E-state index contributed by atoms with van der Waals surface area (Å²) in [6.07, 6.45) is 2.99. The van der Waals surface area contributed by atoms with Gasteiger partial charge in [-0.3, -0.25) is 4.31 Å². The van der Waals surface area contributed by atoms with Crippen LogP contribution in [0.5, 0.6) is 0 Å². The first kappa shape index (κ1) is 21.3. The van der Waals surface area contributed by atoms with Crippen LogP contribution < -0.4 is 10.2 Å². The minimum absolute atomic E-state index is 0.0932. The summed E-state index contributed by atoms with van der Waals surface area (Å²) in [6.45, 7) is 3.10. The third-order valence-corrected chi connectivity index (χ3v) is 6.89. The first-order chi connectivity index (χ1) is 14.0. The lowest BCUT2D eigenvalue weighted by Gasteiger charge is -2.25. The van der Waals surface area contributed by atoms with Crippen LogP contribution in [0.2, 0.25) is 0 Å². The van der Waals surface area contributed by atoms with E-state index in [0.29, 0.717) is 17.7 Å². The van der Waals surface area contributed by atoms with Crippen molar-refractivity contribution in [3.05, 3.63) is 65.7 Å². The molecule has 0 radical (unpaired) electrons. The molecule has 2 aromatic carbocycles. The summed E-state index contributed by atoms with van der Waals surface area (Å²) in [6, 6.07) is 15.7. The molecule has 3 rings (SSSR count). The summed E-state index contributed by atoms with van der Waals surface area (Å²) >= 11 is 0. The van der Waals surface area contributed by atoms with Crippen LogP contribution in [0.15, 0.2) is 54.6 Å². The number of likely N-dealkylation sites (tertiary alicyclic amines) is 1. The zero-order valence-electron chi connectivity index (χ0n) is 16.4. The summed E-state index contributed by atoms with van der Waals surface area (Å²) in [5, 5.41) is 0. The molecule has 0 saturated carbocycles. The van der Waals surface area contributed by atoms with Crippen LogP contribution >= 0.6 is 0 Å². The second kappa shape index (κ2) is 9.87. The Morgan fingerprint density at radius 1 is 1.03 bits per heavy atom. The average Bonchev–Trinajstić information content (AvgIpc) is 3.26. The summed E-state index contributed by atoms with van der Waals surface area (Å²) in [4.78, 5) is 18.0. The largest absolute Gasteiger partial charge is 0.370 e. The van der Waals surface area contributed by atoms with Gasteiger partial charge in [0.2, 0.25) is 10.0 Å². The summed E-state index contributed by atoms with van der Waals surface area (Å²) in [5.41, 5.74) is 1.71. The standard InChI is InChI=1S/C21H27N3O4S/c22-28-21(25)19-11-9-18(10-12-19)17-24(20-7-2-1-3-8-20)29(26,27)16-6-15-23-13-4-5-14-23/h1-3,7-12H,4-6,13-17,22H2. The van der Waals surface area contributed by atoms with Gasteiger partial charge < -0.3 is 9.74 Å². The van der Waals surface area contributed by atoms with Gasteiger partial charge in [0, 0.05) is 0 Å². The van der Waals surface area contributed by atoms with E-state index in [9.17, 15) is 13.2 Å². The Labute approximate surface area is 172 Å². The number of nitrogens with zero attached hydrogens (tertiary/aromatic N) is 2. The molecule has 7 nitrogen and oxygen atoms in total. The van der Waals surface area contributed by atoms with Gasteiger partial charge in [-0.15, -0.1) is 0 Å². The highest BCUT2D eigenvalue weighted by Crippen LogP contribution is 2.22. The molecule has 0 atom stereocenters. The molecule has 1 heterocycles. The molecule has 1 aliphatic heterocycles. The van der Waals surface area contributed by atoms with Crippen molar-refractivity contribution in [2.45, 2.75) is 25.8 Å². The molecule has 1 fully saturated rings. The fourth-order valence-corrected chi connectivity index (χ4v) is 5.01. The molecule has 1 aliphatic rings. The molecule has 0 bridgehead atoms. The predicted molar refractivity (Wildman–Crippen MR) is 113 cm³/mol. The van der Waals surface area contributed by atoms with E-state index in [-0.39, 0.29) is 12.3 Å². The van der Waals surface area contributed by atoms with E-state index in [0.717, 1.165) is 25.2 Å². The van der Waals surface area contributed by atoms with Crippen LogP contribution in [0, 0.1) is 0 Å². The fraction of sp³-hybridized carbons (Fsp3) is 0.381. The van der Waals surface area contributed by atoms with Crippen molar-refractivity contribution in [2.24, 2.45) is 5.90 Å². The topological polar surface area (TPSA) is 92.9 Å². The van der Waals surface area contributed by atoms with Gasteiger partial charge in [-0.25, -0.2) is 13.2 Å². The van der Waals surface area contributed by atoms with Crippen molar-refractivity contribution in [3.63, 3.8) is 0 Å². The average molecular weight is 418 g/mol. The number of carbonyl (C=O) groups is 1. The van der Waals surface area contributed by atoms with Gasteiger partial charge >= 0.3 is 5.97 Å². The number of anilines is 1. The van der Waals surface area contributed by atoms with Crippen molar-refractivity contribution in [1.82, 2.24) is 4.90 Å². The number of rotatable bonds is 9. The van der Waals surface area contributed by atoms with E-state index >= 15 is 0 Å². The second-order valence-electron chi connectivity index (χ2n) is 7.16. The molecular weight excluding hydrogens is 390 g/mol. The molecule has 0 amide bonds. The van der Waals surface area contributed by atoms with Gasteiger partial charge in [0.05, 0.1) is 23.5 Å². The molecule has 0 unspecified atom stereocenters. The maximum Gasteiger partial charge on any atom is 0.356 e. The van der Waals surface area contributed by atoms with Gasteiger partial charge in [0.15, 0.2) is 0 Å². The van der Waals surface area contributed by atoms with E-state index in [1.165, 1.54) is 17.1 Å². The number of hydrogen-bond donors (Lipinski definition) is 1. The van der Waals surface area contributed by atoms with E-state index in [1.54, 1.807) is 36.4 Å². The van der Waals surface area contributed by atoms with Crippen LogP contribution in [-0.2, 0) is 21.4 Å². The third-order valence-electron chi connectivity index (χ3n) is 5.08. The van der Waals surface area contributed by atoms with Crippen molar-refractivity contribution in [3.8, 4) is 0 Å². The molecular formula is C21H27N3O4S. The predicted octanol–water partition coefficient (Wildman–Crippen LogP) is 2.54. The number of nitrogens with two attached hydrogens (primary N) is 1. The normalized spacial score (nSPS) is 14.7. The molecule has 2 N–H and O–H groups in total. The number of carbonyl (C=O) groups excluding carboxylic acids is 1. The van der Waals surface area contributed by atoms with E-state index in [4.69, 9.17) is 5.90 Å². The number of hydrogen-bond acceptors (Lipinski definition) is 6. The number of benzene rings is 2. The van der Waals surface area contributed by atoms with Crippen molar-refractivity contribution in [1.29, 1.82) is 0 Å². The zero-order chi connectivity index (χ0) is 20.7. The molecule has 0 spiro atoms. The minimum atomic E-state index is -3.50. The Balaban J connectivity index is 1.74. The SMILES string of the molecule is NOC(=O)c1ccc(CN(c2ccccc2)S(=O)(=O)CCCN2CCCC2)cc1. The molecule has 1 saturated heterocycles. The highest BCUT2D eigenvalue weighted by molar-refractivity contribution is 7.92. The number of sulfonamides is 1. The fourth-order valence-electron chi connectivity index (χ4n) is 3.51. The van der Waals surface area contributed by atoms with Crippen molar-refractivity contribution in [2.75, 3.05) is 29.7 Å². The Morgan fingerprint density at radius 2 is 1.69 bits per heavy atom. The maximum absolute atomic E-state index is 13.1. The third kappa shape index (κ3) is 5.79. The van der Waals surface area contributed by atoms with Crippen LogP contribution in [0.3, 0.4) is 0 Å². The molecule has 0 aliphatic carbocycles.